The molecule has 0 bridgehead atoms. The van der Waals surface area contributed by atoms with Gasteiger partial charge in [-0.25, -0.2) is 9.59 Å². The SMILES string of the molecule is N#C/C(=C\c1ccccc1)C(=O)Oc1ccccc1C(=O)O. The first kappa shape index (κ1) is 15.0. The monoisotopic (exact) mass is 293 g/mol. The van der Waals surface area contributed by atoms with Gasteiger partial charge in [-0.3, -0.25) is 0 Å². The summed E-state index contributed by atoms with van der Waals surface area (Å²) >= 11 is 0. The fourth-order valence-corrected chi connectivity index (χ4v) is 1.74. The molecule has 2 aromatic rings. The molecule has 0 amide bonds. The number of hydrogen-bond donors (Lipinski definition) is 1. The Bertz CT molecular complexity index is 773. The molecule has 0 saturated heterocycles. The molecule has 2 rings (SSSR count). The van der Waals surface area contributed by atoms with Gasteiger partial charge >= 0.3 is 11.9 Å². The lowest BCUT2D eigenvalue weighted by Crippen LogP contribution is -2.12. The summed E-state index contributed by atoms with van der Waals surface area (Å²) in [6, 6.07) is 16.3. The zero-order chi connectivity index (χ0) is 15.9. The Balaban J connectivity index is 2.27. The van der Waals surface area contributed by atoms with E-state index < -0.39 is 11.9 Å². The van der Waals surface area contributed by atoms with Crippen molar-refractivity contribution in [2.24, 2.45) is 0 Å². The van der Waals surface area contributed by atoms with E-state index in [1.807, 2.05) is 6.07 Å². The van der Waals surface area contributed by atoms with Gasteiger partial charge in [0.1, 0.15) is 23.0 Å². The van der Waals surface area contributed by atoms with Gasteiger partial charge in [0.15, 0.2) is 0 Å². The van der Waals surface area contributed by atoms with Gasteiger partial charge in [0.05, 0.1) is 0 Å². The van der Waals surface area contributed by atoms with Crippen LogP contribution in [0.3, 0.4) is 0 Å². The van der Waals surface area contributed by atoms with E-state index in [-0.39, 0.29) is 16.9 Å². The van der Waals surface area contributed by atoms with Crippen molar-refractivity contribution in [1.29, 1.82) is 5.26 Å². The Morgan fingerprint density at radius 1 is 1.05 bits per heavy atom. The number of hydrogen-bond acceptors (Lipinski definition) is 4. The van der Waals surface area contributed by atoms with Crippen molar-refractivity contribution in [2.45, 2.75) is 0 Å². The van der Waals surface area contributed by atoms with Crippen LogP contribution < -0.4 is 4.74 Å². The molecule has 0 unspecified atom stereocenters. The van der Waals surface area contributed by atoms with Crippen LogP contribution in [0, 0.1) is 11.3 Å². The molecular formula is C17H11NO4. The summed E-state index contributed by atoms with van der Waals surface area (Å²) in [5.74, 6) is -2.22. The zero-order valence-electron chi connectivity index (χ0n) is 11.4. The van der Waals surface area contributed by atoms with Gasteiger partial charge in [0.25, 0.3) is 0 Å². The van der Waals surface area contributed by atoms with Crippen LogP contribution in [0.25, 0.3) is 6.08 Å². The maximum absolute atomic E-state index is 12.0. The summed E-state index contributed by atoms with van der Waals surface area (Å²) in [6.45, 7) is 0. The Hall–Kier alpha value is -3.39. The van der Waals surface area contributed by atoms with E-state index in [1.54, 1.807) is 36.4 Å². The summed E-state index contributed by atoms with van der Waals surface area (Å²) in [7, 11) is 0. The van der Waals surface area contributed by atoms with E-state index in [4.69, 9.17) is 15.1 Å². The van der Waals surface area contributed by atoms with Gasteiger partial charge in [-0.05, 0) is 23.8 Å². The van der Waals surface area contributed by atoms with Crippen LogP contribution in [-0.2, 0) is 4.79 Å². The number of para-hydroxylation sites is 1. The van der Waals surface area contributed by atoms with Crippen molar-refractivity contribution < 1.29 is 19.4 Å². The molecule has 0 heterocycles. The third-order valence-electron chi connectivity index (χ3n) is 2.77. The van der Waals surface area contributed by atoms with E-state index >= 15 is 0 Å². The summed E-state index contributed by atoms with van der Waals surface area (Å²) in [6.07, 6.45) is 1.38. The van der Waals surface area contributed by atoms with Crippen molar-refractivity contribution >= 4 is 18.0 Å². The fraction of sp³-hybridized carbons (Fsp3) is 0. The summed E-state index contributed by atoms with van der Waals surface area (Å²) in [5, 5.41) is 18.1. The highest BCUT2D eigenvalue weighted by atomic mass is 16.5. The highest BCUT2D eigenvalue weighted by Crippen LogP contribution is 2.19. The molecule has 5 nitrogen and oxygen atoms in total. The quantitative estimate of drug-likeness (QED) is 0.405. The number of ether oxygens (including phenoxy) is 1. The number of aromatic carboxylic acids is 1. The average molecular weight is 293 g/mol. The molecule has 22 heavy (non-hydrogen) atoms. The maximum atomic E-state index is 12.0. The van der Waals surface area contributed by atoms with Gasteiger partial charge in [0.2, 0.25) is 0 Å². The number of nitrogens with zero attached hydrogens (tertiary/aromatic N) is 1. The molecule has 0 aliphatic heterocycles. The van der Waals surface area contributed by atoms with Gasteiger partial charge in [0, 0.05) is 0 Å². The van der Waals surface area contributed by atoms with Crippen LogP contribution in [0.15, 0.2) is 60.2 Å². The minimum Gasteiger partial charge on any atom is -0.478 e. The fourth-order valence-electron chi connectivity index (χ4n) is 1.74. The van der Waals surface area contributed by atoms with Gasteiger partial charge < -0.3 is 9.84 Å². The zero-order valence-corrected chi connectivity index (χ0v) is 11.4. The molecule has 5 heteroatoms. The number of carboxylic acid groups (broad SMARTS) is 1. The predicted molar refractivity (Wildman–Crippen MR) is 79.1 cm³/mol. The van der Waals surface area contributed by atoms with E-state index in [0.717, 1.165) is 0 Å². The van der Waals surface area contributed by atoms with E-state index in [2.05, 4.69) is 0 Å². The Morgan fingerprint density at radius 2 is 1.68 bits per heavy atom. The number of benzene rings is 2. The van der Waals surface area contributed by atoms with Crippen molar-refractivity contribution in [3.8, 4) is 11.8 Å². The molecule has 2 aromatic carbocycles. The van der Waals surface area contributed by atoms with Crippen LogP contribution in [0.4, 0.5) is 0 Å². The van der Waals surface area contributed by atoms with Crippen LogP contribution in [0.2, 0.25) is 0 Å². The molecule has 0 spiro atoms. The third-order valence-corrected chi connectivity index (χ3v) is 2.77. The van der Waals surface area contributed by atoms with Crippen LogP contribution >= 0.6 is 0 Å². The molecule has 1 N–H and O–H groups in total. The number of carbonyl (C=O) groups excluding carboxylic acids is 1. The molecule has 0 saturated carbocycles. The van der Waals surface area contributed by atoms with Crippen molar-refractivity contribution in [3.05, 3.63) is 71.3 Å². The third kappa shape index (κ3) is 3.58. The standard InChI is InChI=1S/C17H11NO4/c18-11-13(10-12-6-2-1-3-7-12)17(21)22-15-9-5-4-8-14(15)16(19)20/h1-10H,(H,19,20)/b13-10+. The minimum atomic E-state index is -1.21. The predicted octanol–water partition coefficient (Wildman–Crippen LogP) is 2.90. The highest BCUT2D eigenvalue weighted by Gasteiger charge is 2.17. The van der Waals surface area contributed by atoms with Crippen LogP contribution in [-0.4, -0.2) is 17.0 Å². The molecule has 108 valence electrons. The Morgan fingerprint density at radius 3 is 2.32 bits per heavy atom. The second-order valence-electron chi connectivity index (χ2n) is 4.27. The lowest BCUT2D eigenvalue weighted by atomic mass is 10.1. The molecule has 0 aliphatic rings. The molecule has 0 fully saturated rings. The first-order valence-corrected chi connectivity index (χ1v) is 6.33. The summed E-state index contributed by atoms with van der Waals surface area (Å²) in [5.41, 5.74) is 0.307. The van der Waals surface area contributed by atoms with Crippen molar-refractivity contribution in [2.75, 3.05) is 0 Å². The average Bonchev–Trinajstić information content (AvgIpc) is 2.53. The molecule has 0 atom stereocenters. The second kappa shape index (κ2) is 6.86. The van der Waals surface area contributed by atoms with E-state index in [1.165, 1.54) is 24.3 Å². The van der Waals surface area contributed by atoms with Crippen LogP contribution in [0.1, 0.15) is 15.9 Å². The Kier molecular flexibility index (Phi) is 4.68. The number of carbonyl (C=O) groups is 2. The van der Waals surface area contributed by atoms with E-state index in [9.17, 15) is 9.59 Å². The van der Waals surface area contributed by atoms with Crippen LogP contribution in [0.5, 0.6) is 5.75 Å². The smallest absolute Gasteiger partial charge is 0.354 e. The molecular weight excluding hydrogens is 282 g/mol. The minimum absolute atomic E-state index is 0.103. The van der Waals surface area contributed by atoms with Gasteiger partial charge in [-0.15, -0.1) is 0 Å². The van der Waals surface area contributed by atoms with Crippen molar-refractivity contribution in [1.82, 2.24) is 0 Å². The van der Waals surface area contributed by atoms with Gasteiger partial charge in [-0.1, -0.05) is 42.5 Å². The maximum Gasteiger partial charge on any atom is 0.354 e. The molecule has 0 aromatic heterocycles. The molecule has 0 radical (unpaired) electrons. The number of carboxylic acids is 1. The molecule has 0 aliphatic carbocycles. The summed E-state index contributed by atoms with van der Waals surface area (Å²) < 4.78 is 5.02. The highest BCUT2D eigenvalue weighted by molar-refractivity contribution is 6.00. The number of esters is 1. The largest absolute Gasteiger partial charge is 0.478 e. The van der Waals surface area contributed by atoms with E-state index in [0.29, 0.717) is 5.56 Å². The lowest BCUT2D eigenvalue weighted by Gasteiger charge is -2.06. The first-order chi connectivity index (χ1) is 10.6. The summed E-state index contributed by atoms with van der Waals surface area (Å²) in [4.78, 5) is 23.1. The lowest BCUT2D eigenvalue weighted by molar-refractivity contribution is -0.129. The normalized spacial score (nSPS) is 10.6. The topological polar surface area (TPSA) is 87.4 Å². The first-order valence-electron chi connectivity index (χ1n) is 6.33. The number of nitriles is 1. The second-order valence-corrected chi connectivity index (χ2v) is 4.27. The van der Waals surface area contributed by atoms with Crippen molar-refractivity contribution in [3.63, 3.8) is 0 Å². The Labute approximate surface area is 126 Å². The number of rotatable bonds is 4. The van der Waals surface area contributed by atoms with Gasteiger partial charge in [-0.2, -0.15) is 5.26 Å².